The number of hydrogen-bond donors (Lipinski definition) is 1. The fourth-order valence-electron chi connectivity index (χ4n) is 3.62. The molecule has 2 aliphatic heterocycles. The summed E-state index contributed by atoms with van der Waals surface area (Å²) in [5.41, 5.74) is 0.636. The van der Waals surface area contributed by atoms with Crippen molar-refractivity contribution in [2.24, 2.45) is 0 Å². The first kappa shape index (κ1) is 20.6. The second-order valence-corrected chi connectivity index (χ2v) is 7.17. The number of anilines is 1. The van der Waals surface area contributed by atoms with Gasteiger partial charge in [0.1, 0.15) is 5.75 Å². The van der Waals surface area contributed by atoms with Gasteiger partial charge in [0, 0.05) is 18.8 Å². The number of hydrogen-bond acceptors (Lipinski definition) is 6. The van der Waals surface area contributed by atoms with Crippen LogP contribution in [0.25, 0.3) is 0 Å². The van der Waals surface area contributed by atoms with Crippen LogP contribution in [0.15, 0.2) is 24.3 Å². The second kappa shape index (κ2) is 9.86. The Hall–Kier alpha value is -2.16. The van der Waals surface area contributed by atoms with Crippen molar-refractivity contribution in [2.75, 3.05) is 52.3 Å². The van der Waals surface area contributed by atoms with E-state index in [0.717, 1.165) is 25.8 Å². The molecule has 1 atom stereocenters. The lowest BCUT2D eigenvalue weighted by molar-refractivity contribution is -0.140. The topological polar surface area (TPSA) is 80.3 Å². The maximum absolute atomic E-state index is 12.7. The van der Waals surface area contributed by atoms with Crippen molar-refractivity contribution in [2.45, 2.75) is 31.6 Å². The Balaban J connectivity index is 1.50. The number of likely N-dealkylation sites (tertiary alicyclic amines) is 1. The normalized spacial score (nSPS) is 20.7. The number of ether oxygens (including phenoxy) is 3. The number of amides is 2. The number of methoxy groups -OCH3 is 1. The molecule has 0 aliphatic carbocycles. The van der Waals surface area contributed by atoms with Crippen LogP contribution in [0.3, 0.4) is 0 Å². The Labute approximate surface area is 165 Å². The van der Waals surface area contributed by atoms with Gasteiger partial charge in [-0.2, -0.15) is 0 Å². The highest BCUT2D eigenvalue weighted by molar-refractivity contribution is 5.94. The zero-order chi connectivity index (χ0) is 19.9. The molecule has 154 valence electrons. The van der Waals surface area contributed by atoms with Gasteiger partial charge in [-0.1, -0.05) is 12.5 Å². The first-order valence-corrected chi connectivity index (χ1v) is 9.72. The van der Waals surface area contributed by atoms with Gasteiger partial charge in [-0.05, 0) is 31.5 Å². The molecule has 2 fully saturated rings. The lowest BCUT2D eigenvalue weighted by atomic mass is 10.0. The van der Waals surface area contributed by atoms with Gasteiger partial charge >= 0.3 is 0 Å². The molecule has 2 amide bonds. The molecular formula is C20H29N3O5. The summed E-state index contributed by atoms with van der Waals surface area (Å²) in [5, 5.41) is 2.79. The molecule has 2 heterocycles. The molecule has 1 N–H and O–H groups in total. The first-order chi connectivity index (χ1) is 13.6. The summed E-state index contributed by atoms with van der Waals surface area (Å²) in [4.78, 5) is 28.5. The Kier molecular flexibility index (Phi) is 7.24. The first-order valence-electron chi connectivity index (χ1n) is 9.72. The molecule has 1 aromatic rings. The van der Waals surface area contributed by atoms with Gasteiger partial charge in [-0.25, -0.2) is 0 Å². The van der Waals surface area contributed by atoms with E-state index in [1.165, 1.54) is 4.90 Å². The molecule has 2 saturated heterocycles. The van der Waals surface area contributed by atoms with Gasteiger partial charge in [0.25, 0.3) is 0 Å². The third-order valence-corrected chi connectivity index (χ3v) is 5.12. The Morgan fingerprint density at radius 1 is 1.29 bits per heavy atom. The molecule has 0 saturated carbocycles. The number of nitrogens with one attached hydrogen (secondary N) is 1. The Bertz CT molecular complexity index is 678. The smallest absolute Gasteiger partial charge is 0.243 e. The summed E-state index contributed by atoms with van der Waals surface area (Å²) in [5.74, 6) is 0.321. The summed E-state index contributed by atoms with van der Waals surface area (Å²) in [6, 6.07) is 7.21. The van der Waals surface area contributed by atoms with Crippen molar-refractivity contribution in [3.63, 3.8) is 0 Å². The molecule has 0 aromatic heterocycles. The third kappa shape index (κ3) is 5.43. The van der Waals surface area contributed by atoms with Crippen molar-refractivity contribution < 1.29 is 23.8 Å². The van der Waals surface area contributed by atoms with Gasteiger partial charge in [0.15, 0.2) is 6.29 Å². The zero-order valence-corrected chi connectivity index (χ0v) is 16.6. The predicted molar refractivity (Wildman–Crippen MR) is 104 cm³/mol. The van der Waals surface area contributed by atoms with Crippen LogP contribution in [0.2, 0.25) is 0 Å². The van der Waals surface area contributed by atoms with Crippen LogP contribution in [-0.2, 0) is 19.1 Å². The van der Waals surface area contributed by atoms with Crippen molar-refractivity contribution >= 4 is 17.5 Å². The van der Waals surface area contributed by atoms with Crippen LogP contribution < -0.4 is 10.1 Å². The van der Waals surface area contributed by atoms with Crippen LogP contribution in [0.5, 0.6) is 5.75 Å². The highest BCUT2D eigenvalue weighted by Gasteiger charge is 2.35. The highest BCUT2D eigenvalue weighted by Crippen LogP contribution is 2.24. The van der Waals surface area contributed by atoms with Crippen molar-refractivity contribution in [3.05, 3.63) is 24.3 Å². The van der Waals surface area contributed by atoms with Gasteiger partial charge < -0.3 is 24.4 Å². The summed E-state index contributed by atoms with van der Waals surface area (Å²) in [6.45, 7) is 2.30. The van der Waals surface area contributed by atoms with Gasteiger partial charge in [-0.3, -0.25) is 14.5 Å². The largest absolute Gasteiger partial charge is 0.497 e. The summed E-state index contributed by atoms with van der Waals surface area (Å²) in [7, 11) is 3.22. The SMILES string of the molecule is COc1cccc(NC(=O)CN(C)C(=O)CN2CCCCC2C2OCCO2)c1. The van der Waals surface area contributed by atoms with Crippen LogP contribution >= 0.6 is 0 Å². The van der Waals surface area contributed by atoms with E-state index in [1.807, 2.05) is 0 Å². The number of carbonyl (C=O) groups is 2. The van der Waals surface area contributed by atoms with E-state index in [-0.39, 0.29) is 37.2 Å². The highest BCUT2D eigenvalue weighted by atomic mass is 16.7. The molecular weight excluding hydrogens is 362 g/mol. The van der Waals surface area contributed by atoms with Crippen molar-refractivity contribution in [1.29, 1.82) is 0 Å². The molecule has 8 heteroatoms. The molecule has 0 spiro atoms. The molecule has 0 bridgehead atoms. The number of nitrogens with zero attached hydrogens (tertiary/aromatic N) is 2. The average molecular weight is 391 g/mol. The molecule has 8 nitrogen and oxygen atoms in total. The van der Waals surface area contributed by atoms with E-state index in [4.69, 9.17) is 14.2 Å². The minimum atomic E-state index is -0.255. The van der Waals surface area contributed by atoms with E-state index in [0.29, 0.717) is 24.7 Å². The fourth-order valence-corrected chi connectivity index (χ4v) is 3.62. The Morgan fingerprint density at radius 2 is 2.07 bits per heavy atom. The predicted octanol–water partition coefficient (Wildman–Crippen LogP) is 1.32. The minimum Gasteiger partial charge on any atom is -0.497 e. The summed E-state index contributed by atoms with van der Waals surface area (Å²) >= 11 is 0. The minimum absolute atomic E-state index is 0.00895. The Morgan fingerprint density at radius 3 is 2.82 bits per heavy atom. The lowest BCUT2D eigenvalue weighted by Gasteiger charge is -2.38. The van der Waals surface area contributed by atoms with Gasteiger partial charge in [-0.15, -0.1) is 0 Å². The molecule has 28 heavy (non-hydrogen) atoms. The maximum atomic E-state index is 12.7. The quantitative estimate of drug-likeness (QED) is 0.755. The monoisotopic (exact) mass is 391 g/mol. The lowest BCUT2D eigenvalue weighted by Crippen LogP contribution is -2.51. The maximum Gasteiger partial charge on any atom is 0.243 e. The van der Waals surface area contributed by atoms with Gasteiger partial charge in [0.05, 0.1) is 39.5 Å². The van der Waals surface area contributed by atoms with Crippen molar-refractivity contribution in [1.82, 2.24) is 9.80 Å². The zero-order valence-electron chi connectivity index (χ0n) is 16.6. The standard InChI is InChI=1S/C20H29N3O5/c1-22(13-18(24)21-15-6-5-7-16(12-15)26-2)19(25)14-23-9-4-3-8-17(23)20-27-10-11-28-20/h5-7,12,17,20H,3-4,8-11,13-14H2,1-2H3,(H,21,24). The molecule has 2 aliphatic rings. The fraction of sp³-hybridized carbons (Fsp3) is 0.600. The van der Waals surface area contributed by atoms with E-state index in [9.17, 15) is 9.59 Å². The second-order valence-electron chi connectivity index (χ2n) is 7.17. The third-order valence-electron chi connectivity index (χ3n) is 5.12. The average Bonchev–Trinajstić information content (AvgIpc) is 3.23. The van der Waals surface area contributed by atoms with Crippen molar-refractivity contribution in [3.8, 4) is 5.75 Å². The van der Waals surface area contributed by atoms with Gasteiger partial charge in [0.2, 0.25) is 11.8 Å². The summed E-state index contributed by atoms with van der Waals surface area (Å²) < 4.78 is 16.5. The number of likely N-dealkylation sites (N-methyl/N-ethyl adjacent to an activating group) is 1. The molecule has 0 radical (unpaired) electrons. The summed E-state index contributed by atoms with van der Waals surface area (Å²) in [6.07, 6.45) is 2.86. The van der Waals surface area contributed by atoms with E-state index >= 15 is 0 Å². The van der Waals surface area contributed by atoms with Crippen LogP contribution in [0.4, 0.5) is 5.69 Å². The number of benzene rings is 1. The number of carbonyl (C=O) groups excluding carboxylic acids is 2. The van der Waals surface area contributed by atoms with E-state index in [1.54, 1.807) is 38.4 Å². The van der Waals surface area contributed by atoms with E-state index in [2.05, 4.69) is 10.2 Å². The van der Waals surface area contributed by atoms with E-state index < -0.39 is 0 Å². The molecule has 3 rings (SSSR count). The van der Waals surface area contributed by atoms with Crippen LogP contribution in [0.1, 0.15) is 19.3 Å². The molecule has 1 unspecified atom stereocenters. The molecule has 1 aromatic carbocycles. The number of rotatable bonds is 7. The van der Waals surface area contributed by atoms with Crippen LogP contribution in [0, 0.1) is 0 Å². The van der Waals surface area contributed by atoms with Crippen LogP contribution in [-0.4, -0.2) is 81.0 Å². The number of piperidine rings is 1.